The summed E-state index contributed by atoms with van der Waals surface area (Å²) in [5.74, 6) is 1.72. The van der Waals surface area contributed by atoms with Gasteiger partial charge in [-0.1, -0.05) is 36.4 Å². The molecule has 2 amide bonds. The third-order valence-electron chi connectivity index (χ3n) is 5.25. The molecule has 1 aromatic heterocycles. The molecular formula is C25H26N4O2. The maximum atomic E-state index is 12.3. The molecule has 0 saturated heterocycles. The van der Waals surface area contributed by atoms with Crippen LogP contribution in [-0.2, 0) is 19.4 Å². The topological polar surface area (TPSA) is 68.2 Å². The van der Waals surface area contributed by atoms with Gasteiger partial charge in [0.1, 0.15) is 11.6 Å². The summed E-state index contributed by atoms with van der Waals surface area (Å²) >= 11 is 0. The van der Waals surface area contributed by atoms with Crippen LogP contribution in [0.5, 0.6) is 5.75 Å². The van der Waals surface area contributed by atoms with Crippen LogP contribution in [0.1, 0.15) is 18.3 Å². The molecule has 2 N–H and O–H groups in total. The standard InChI is InChI=1S/C25H26N4O2/c1-3-29-22-10-6-4-8-20(22)27-24(29)17-14-18-12-15-19(16-13-18)26-25(30)28-21-9-5-7-11-23(21)31-2/h4-13,15-16H,3,14,17H2,1-2H3,(H2,26,28,30). The van der Waals surface area contributed by atoms with E-state index in [4.69, 9.17) is 9.72 Å². The number of urea groups is 1. The fraction of sp³-hybridized carbons (Fsp3) is 0.200. The van der Waals surface area contributed by atoms with Gasteiger partial charge in [0.25, 0.3) is 0 Å². The van der Waals surface area contributed by atoms with E-state index >= 15 is 0 Å². The lowest BCUT2D eigenvalue weighted by Gasteiger charge is -2.11. The number of methoxy groups -OCH3 is 1. The number of nitrogens with one attached hydrogen (secondary N) is 2. The lowest BCUT2D eigenvalue weighted by atomic mass is 10.1. The van der Waals surface area contributed by atoms with E-state index in [0.717, 1.165) is 36.4 Å². The minimum Gasteiger partial charge on any atom is -0.495 e. The lowest BCUT2D eigenvalue weighted by Crippen LogP contribution is -2.19. The SMILES string of the molecule is CCn1c(CCc2ccc(NC(=O)Nc3ccccc3OC)cc2)nc2ccccc21. The normalized spacial score (nSPS) is 10.8. The summed E-state index contributed by atoms with van der Waals surface area (Å²) in [5, 5.41) is 5.67. The highest BCUT2D eigenvalue weighted by Gasteiger charge is 2.10. The van der Waals surface area contributed by atoms with Crippen LogP contribution >= 0.6 is 0 Å². The van der Waals surface area contributed by atoms with Crippen LogP contribution in [-0.4, -0.2) is 22.7 Å². The summed E-state index contributed by atoms with van der Waals surface area (Å²) in [7, 11) is 1.58. The largest absolute Gasteiger partial charge is 0.495 e. The molecule has 6 heteroatoms. The van der Waals surface area contributed by atoms with Crippen molar-refractivity contribution in [3.8, 4) is 5.75 Å². The Balaban J connectivity index is 1.37. The molecule has 0 bridgehead atoms. The molecule has 1 heterocycles. The van der Waals surface area contributed by atoms with E-state index in [1.54, 1.807) is 19.2 Å². The van der Waals surface area contributed by atoms with Crippen molar-refractivity contribution in [3.05, 3.63) is 84.2 Å². The first-order chi connectivity index (χ1) is 15.2. The Kier molecular flexibility index (Phi) is 6.17. The number of aromatic nitrogens is 2. The van der Waals surface area contributed by atoms with E-state index in [2.05, 4.69) is 40.3 Å². The zero-order valence-corrected chi connectivity index (χ0v) is 17.8. The predicted octanol–water partition coefficient (Wildman–Crippen LogP) is 5.49. The minimum atomic E-state index is -0.311. The maximum absolute atomic E-state index is 12.3. The lowest BCUT2D eigenvalue weighted by molar-refractivity contribution is 0.262. The molecule has 0 aliphatic carbocycles. The number of anilines is 2. The highest BCUT2D eigenvalue weighted by molar-refractivity contribution is 6.00. The summed E-state index contributed by atoms with van der Waals surface area (Å²) in [6.07, 6.45) is 1.75. The molecule has 0 spiro atoms. The number of benzene rings is 3. The third-order valence-corrected chi connectivity index (χ3v) is 5.25. The maximum Gasteiger partial charge on any atom is 0.323 e. The van der Waals surface area contributed by atoms with E-state index in [1.807, 2.05) is 42.5 Å². The Morgan fingerprint density at radius 1 is 0.935 bits per heavy atom. The highest BCUT2D eigenvalue weighted by atomic mass is 16.5. The fourth-order valence-corrected chi connectivity index (χ4v) is 3.71. The van der Waals surface area contributed by atoms with Crippen molar-refractivity contribution >= 4 is 28.4 Å². The molecule has 158 valence electrons. The predicted molar refractivity (Wildman–Crippen MR) is 125 cm³/mol. The molecule has 0 saturated carbocycles. The molecule has 0 aliphatic heterocycles. The Morgan fingerprint density at radius 3 is 2.45 bits per heavy atom. The fourth-order valence-electron chi connectivity index (χ4n) is 3.71. The van der Waals surface area contributed by atoms with Crippen LogP contribution in [0.25, 0.3) is 11.0 Å². The minimum absolute atomic E-state index is 0.311. The number of nitrogens with zero attached hydrogens (tertiary/aromatic N) is 2. The van der Waals surface area contributed by atoms with Gasteiger partial charge >= 0.3 is 6.03 Å². The van der Waals surface area contributed by atoms with E-state index in [9.17, 15) is 4.79 Å². The van der Waals surface area contributed by atoms with Gasteiger partial charge in [0.15, 0.2) is 0 Å². The molecular weight excluding hydrogens is 388 g/mol. The van der Waals surface area contributed by atoms with Crippen LogP contribution in [0.2, 0.25) is 0 Å². The number of hydrogen-bond acceptors (Lipinski definition) is 3. The molecule has 31 heavy (non-hydrogen) atoms. The van der Waals surface area contributed by atoms with Crippen LogP contribution in [0.3, 0.4) is 0 Å². The third kappa shape index (κ3) is 4.69. The Morgan fingerprint density at radius 2 is 1.68 bits per heavy atom. The average Bonchev–Trinajstić information content (AvgIpc) is 3.16. The van der Waals surface area contributed by atoms with Gasteiger partial charge in [-0.15, -0.1) is 0 Å². The van der Waals surface area contributed by atoms with E-state index in [-0.39, 0.29) is 6.03 Å². The summed E-state index contributed by atoms with van der Waals surface area (Å²) in [5.41, 5.74) is 4.78. The van der Waals surface area contributed by atoms with Crippen molar-refractivity contribution in [1.82, 2.24) is 9.55 Å². The Bertz CT molecular complexity index is 1180. The number of hydrogen-bond donors (Lipinski definition) is 2. The number of rotatable bonds is 7. The number of carbonyl (C=O) groups excluding carboxylic acids is 1. The average molecular weight is 415 g/mol. The number of aryl methyl sites for hydroxylation is 3. The summed E-state index contributed by atoms with van der Waals surface area (Å²) in [6, 6.07) is 23.2. The van der Waals surface area contributed by atoms with Gasteiger partial charge in [-0.2, -0.15) is 0 Å². The second-order valence-electron chi connectivity index (χ2n) is 7.24. The number of imidazole rings is 1. The smallest absolute Gasteiger partial charge is 0.323 e. The Labute approximate surface area is 181 Å². The first-order valence-corrected chi connectivity index (χ1v) is 10.4. The molecule has 4 aromatic rings. The van der Waals surface area contributed by atoms with Crippen molar-refractivity contribution in [1.29, 1.82) is 0 Å². The summed E-state index contributed by atoms with van der Waals surface area (Å²) < 4.78 is 7.53. The highest BCUT2D eigenvalue weighted by Crippen LogP contribution is 2.23. The van der Waals surface area contributed by atoms with Gasteiger partial charge in [-0.25, -0.2) is 9.78 Å². The van der Waals surface area contributed by atoms with Crippen LogP contribution in [0, 0.1) is 0 Å². The number of fused-ring (bicyclic) bond motifs is 1. The van der Waals surface area contributed by atoms with Gasteiger partial charge in [0, 0.05) is 18.7 Å². The van der Waals surface area contributed by atoms with Gasteiger partial charge in [0.2, 0.25) is 0 Å². The molecule has 0 aliphatic rings. The number of para-hydroxylation sites is 4. The quantitative estimate of drug-likeness (QED) is 0.420. The van der Waals surface area contributed by atoms with Crippen molar-refractivity contribution < 1.29 is 9.53 Å². The zero-order valence-electron chi connectivity index (χ0n) is 17.8. The van der Waals surface area contributed by atoms with Crippen LogP contribution in [0.4, 0.5) is 16.2 Å². The first-order valence-electron chi connectivity index (χ1n) is 10.4. The second-order valence-corrected chi connectivity index (χ2v) is 7.24. The van der Waals surface area contributed by atoms with Gasteiger partial charge < -0.3 is 19.9 Å². The molecule has 4 rings (SSSR count). The summed E-state index contributed by atoms with van der Waals surface area (Å²) in [4.78, 5) is 17.1. The number of amides is 2. The zero-order chi connectivity index (χ0) is 21.6. The van der Waals surface area contributed by atoms with Crippen molar-refractivity contribution in [3.63, 3.8) is 0 Å². The number of ether oxygens (including phenoxy) is 1. The second kappa shape index (κ2) is 9.34. The van der Waals surface area contributed by atoms with E-state index in [0.29, 0.717) is 11.4 Å². The molecule has 3 aromatic carbocycles. The van der Waals surface area contributed by atoms with Crippen molar-refractivity contribution in [2.24, 2.45) is 0 Å². The van der Waals surface area contributed by atoms with Crippen molar-refractivity contribution in [2.45, 2.75) is 26.3 Å². The molecule has 0 atom stereocenters. The molecule has 0 unspecified atom stereocenters. The van der Waals surface area contributed by atoms with E-state index in [1.165, 1.54) is 11.1 Å². The van der Waals surface area contributed by atoms with Crippen LogP contribution in [0.15, 0.2) is 72.8 Å². The summed E-state index contributed by atoms with van der Waals surface area (Å²) in [6.45, 7) is 3.05. The monoisotopic (exact) mass is 414 g/mol. The molecule has 0 fully saturated rings. The van der Waals surface area contributed by atoms with Gasteiger partial charge in [-0.3, -0.25) is 0 Å². The van der Waals surface area contributed by atoms with Crippen LogP contribution < -0.4 is 15.4 Å². The number of carbonyl (C=O) groups is 1. The molecule has 0 radical (unpaired) electrons. The van der Waals surface area contributed by atoms with Crippen molar-refractivity contribution in [2.75, 3.05) is 17.7 Å². The molecule has 6 nitrogen and oxygen atoms in total. The van der Waals surface area contributed by atoms with E-state index < -0.39 is 0 Å². The Hall–Kier alpha value is -3.80. The van der Waals surface area contributed by atoms with Gasteiger partial charge in [0.05, 0.1) is 23.8 Å². The van der Waals surface area contributed by atoms with Gasteiger partial charge in [-0.05, 0) is 55.3 Å². The first kappa shape index (κ1) is 20.5.